The predicted octanol–water partition coefficient (Wildman–Crippen LogP) is 0.956. The molecule has 2 heterocycles. The Morgan fingerprint density at radius 3 is 2.79 bits per heavy atom. The standard InChI is InChI=1S/C14H16N2O3/c17-13(16-6-5-10(8-16)14(18)19)12-7-9-3-1-2-4-11(9)15-12/h1-4,10,12,15H,5-8H2,(H,18,19)/t10?,12-/m0/s1. The van der Waals surface area contributed by atoms with Crippen LogP contribution >= 0.6 is 0 Å². The average Bonchev–Trinajstić information content (AvgIpc) is 3.04. The molecule has 0 radical (unpaired) electrons. The summed E-state index contributed by atoms with van der Waals surface area (Å²) in [6.45, 7) is 0.882. The van der Waals surface area contributed by atoms with Gasteiger partial charge in [0.25, 0.3) is 0 Å². The highest BCUT2D eigenvalue weighted by molar-refractivity contribution is 5.88. The molecule has 2 aliphatic heterocycles. The molecule has 100 valence electrons. The molecule has 19 heavy (non-hydrogen) atoms. The maximum atomic E-state index is 12.4. The molecule has 1 saturated heterocycles. The number of aliphatic carboxylic acids is 1. The average molecular weight is 260 g/mol. The first-order valence-electron chi connectivity index (χ1n) is 6.51. The lowest BCUT2D eigenvalue weighted by molar-refractivity contribution is -0.141. The summed E-state index contributed by atoms with van der Waals surface area (Å²) in [7, 11) is 0. The number of amides is 1. The van der Waals surface area contributed by atoms with E-state index in [-0.39, 0.29) is 11.9 Å². The number of hydrogen-bond acceptors (Lipinski definition) is 3. The van der Waals surface area contributed by atoms with Gasteiger partial charge in [-0.25, -0.2) is 0 Å². The van der Waals surface area contributed by atoms with Crippen LogP contribution in [-0.2, 0) is 16.0 Å². The summed E-state index contributed by atoms with van der Waals surface area (Å²) in [5.74, 6) is -1.20. The van der Waals surface area contributed by atoms with Crippen molar-refractivity contribution in [2.45, 2.75) is 18.9 Å². The Hall–Kier alpha value is -2.04. The molecule has 5 heteroatoms. The first-order valence-corrected chi connectivity index (χ1v) is 6.51. The number of fused-ring (bicyclic) bond motifs is 1. The largest absolute Gasteiger partial charge is 0.481 e. The molecule has 0 bridgehead atoms. The smallest absolute Gasteiger partial charge is 0.308 e. The molecular weight excluding hydrogens is 244 g/mol. The van der Waals surface area contributed by atoms with Crippen molar-refractivity contribution in [1.29, 1.82) is 0 Å². The van der Waals surface area contributed by atoms with E-state index in [1.54, 1.807) is 4.90 Å². The summed E-state index contributed by atoms with van der Waals surface area (Å²) in [4.78, 5) is 24.9. The van der Waals surface area contributed by atoms with Gasteiger partial charge in [0, 0.05) is 25.2 Å². The van der Waals surface area contributed by atoms with Crippen molar-refractivity contribution in [2.24, 2.45) is 5.92 Å². The van der Waals surface area contributed by atoms with Crippen LogP contribution in [0.1, 0.15) is 12.0 Å². The van der Waals surface area contributed by atoms with E-state index in [9.17, 15) is 9.59 Å². The molecule has 3 rings (SSSR count). The second-order valence-electron chi connectivity index (χ2n) is 5.17. The van der Waals surface area contributed by atoms with Gasteiger partial charge in [0.05, 0.1) is 5.92 Å². The molecule has 0 aliphatic carbocycles. The highest BCUT2D eigenvalue weighted by atomic mass is 16.4. The zero-order chi connectivity index (χ0) is 13.4. The summed E-state index contributed by atoms with van der Waals surface area (Å²) < 4.78 is 0. The van der Waals surface area contributed by atoms with E-state index in [4.69, 9.17) is 5.11 Å². The van der Waals surface area contributed by atoms with Crippen LogP contribution < -0.4 is 5.32 Å². The van der Waals surface area contributed by atoms with Gasteiger partial charge in [-0.1, -0.05) is 18.2 Å². The van der Waals surface area contributed by atoms with Crippen LogP contribution in [0.15, 0.2) is 24.3 Å². The van der Waals surface area contributed by atoms with Crippen molar-refractivity contribution in [1.82, 2.24) is 4.90 Å². The van der Waals surface area contributed by atoms with Crippen molar-refractivity contribution in [3.63, 3.8) is 0 Å². The lowest BCUT2D eigenvalue weighted by atomic mass is 10.1. The topological polar surface area (TPSA) is 69.6 Å². The molecular formula is C14H16N2O3. The number of carbonyl (C=O) groups excluding carboxylic acids is 1. The first kappa shape index (κ1) is 12.0. The summed E-state index contributed by atoms with van der Waals surface area (Å²) in [6, 6.07) is 7.63. The monoisotopic (exact) mass is 260 g/mol. The molecule has 5 nitrogen and oxygen atoms in total. The molecule has 1 aromatic rings. The number of nitrogens with zero attached hydrogens (tertiary/aromatic N) is 1. The predicted molar refractivity (Wildman–Crippen MR) is 69.9 cm³/mol. The van der Waals surface area contributed by atoms with E-state index in [1.165, 1.54) is 0 Å². The number of para-hydroxylation sites is 1. The molecule has 1 amide bonds. The second kappa shape index (κ2) is 4.57. The fourth-order valence-electron chi connectivity index (χ4n) is 2.83. The van der Waals surface area contributed by atoms with Crippen LogP contribution in [-0.4, -0.2) is 41.0 Å². The molecule has 2 aliphatic rings. The number of nitrogens with one attached hydrogen (secondary N) is 1. The number of rotatable bonds is 2. The number of benzene rings is 1. The number of carboxylic acids is 1. The quantitative estimate of drug-likeness (QED) is 0.831. The number of hydrogen-bond donors (Lipinski definition) is 2. The molecule has 0 spiro atoms. The number of anilines is 1. The fourth-order valence-corrected chi connectivity index (χ4v) is 2.83. The molecule has 2 N–H and O–H groups in total. The highest BCUT2D eigenvalue weighted by Gasteiger charge is 2.36. The lowest BCUT2D eigenvalue weighted by Crippen LogP contribution is -2.41. The third kappa shape index (κ3) is 2.16. The molecule has 0 aromatic heterocycles. The molecule has 0 saturated carbocycles. The second-order valence-corrected chi connectivity index (χ2v) is 5.17. The fraction of sp³-hybridized carbons (Fsp3) is 0.429. The van der Waals surface area contributed by atoms with Crippen molar-refractivity contribution in [3.05, 3.63) is 29.8 Å². The Labute approximate surface area is 111 Å². The van der Waals surface area contributed by atoms with E-state index in [0.717, 1.165) is 11.3 Å². The van der Waals surface area contributed by atoms with Gasteiger partial charge in [0.2, 0.25) is 5.91 Å². The SMILES string of the molecule is O=C(O)C1CCN(C(=O)[C@@H]2Cc3ccccc3N2)C1. The minimum atomic E-state index is -0.807. The van der Waals surface area contributed by atoms with Gasteiger partial charge in [0.15, 0.2) is 0 Å². The van der Waals surface area contributed by atoms with Crippen LogP contribution in [0.4, 0.5) is 5.69 Å². The normalized spacial score (nSPS) is 24.9. The van der Waals surface area contributed by atoms with Gasteiger partial charge >= 0.3 is 5.97 Å². The molecule has 2 atom stereocenters. The van der Waals surface area contributed by atoms with E-state index in [1.807, 2.05) is 24.3 Å². The molecule has 1 fully saturated rings. The Kier molecular flexibility index (Phi) is 2.89. The Morgan fingerprint density at radius 1 is 1.32 bits per heavy atom. The summed E-state index contributed by atoms with van der Waals surface area (Å²) in [6.07, 6.45) is 1.24. The van der Waals surface area contributed by atoms with Gasteiger partial charge in [-0.15, -0.1) is 0 Å². The van der Waals surface area contributed by atoms with E-state index in [0.29, 0.717) is 25.9 Å². The Morgan fingerprint density at radius 2 is 2.11 bits per heavy atom. The van der Waals surface area contributed by atoms with E-state index in [2.05, 4.69) is 5.32 Å². The third-order valence-electron chi connectivity index (χ3n) is 3.92. The zero-order valence-electron chi connectivity index (χ0n) is 10.5. The van der Waals surface area contributed by atoms with Crippen LogP contribution in [0.5, 0.6) is 0 Å². The Balaban J connectivity index is 1.66. The van der Waals surface area contributed by atoms with E-state index >= 15 is 0 Å². The zero-order valence-corrected chi connectivity index (χ0v) is 10.5. The maximum Gasteiger partial charge on any atom is 0.308 e. The van der Waals surface area contributed by atoms with Gasteiger partial charge in [-0.2, -0.15) is 0 Å². The summed E-state index contributed by atoms with van der Waals surface area (Å²) in [5, 5.41) is 12.2. The van der Waals surface area contributed by atoms with E-state index < -0.39 is 11.9 Å². The van der Waals surface area contributed by atoms with Crippen molar-refractivity contribution in [2.75, 3.05) is 18.4 Å². The van der Waals surface area contributed by atoms with Gasteiger partial charge in [-0.3, -0.25) is 9.59 Å². The minimum Gasteiger partial charge on any atom is -0.481 e. The Bertz CT molecular complexity index is 504. The minimum absolute atomic E-state index is 0.0138. The summed E-state index contributed by atoms with van der Waals surface area (Å²) >= 11 is 0. The van der Waals surface area contributed by atoms with Gasteiger partial charge < -0.3 is 15.3 Å². The third-order valence-corrected chi connectivity index (χ3v) is 3.92. The number of likely N-dealkylation sites (tertiary alicyclic amines) is 1. The van der Waals surface area contributed by atoms with Crippen molar-refractivity contribution >= 4 is 17.6 Å². The van der Waals surface area contributed by atoms with Crippen LogP contribution in [0, 0.1) is 5.92 Å². The summed E-state index contributed by atoms with van der Waals surface area (Å²) in [5.41, 5.74) is 2.16. The van der Waals surface area contributed by atoms with Crippen LogP contribution in [0.3, 0.4) is 0 Å². The molecule has 1 unspecified atom stereocenters. The van der Waals surface area contributed by atoms with Gasteiger partial charge in [0.1, 0.15) is 6.04 Å². The first-order chi connectivity index (χ1) is 9.15. The lowest BCUT2D eigenvalue weighted by Gasteiger charge is -2.20. The number of carbonyl (C=O) groups is 2. The van der Waals surface area contributed by atoms with Crippen LogP contribution in [0.25, 0.3) is 0 Å². The maximum absolute atomic E-state index is 12.4. The van der Waals surface area contributed by atoms with Crippen molar-refractivity contribution < 1.29 is 14.7 Å². The van der Waals surface area contributed by atoms with Gasteiger partial charge in [-0.05, 0) is 18.1 Å². The van der Waals surface area contributed by atoms with Crippen molar-refractivity contribution in [3.8, 4) is 0 Å². The number of carboxylic acid groups (broad SMARTS) is 1. The molecule has 1 aromatic carbocycles. The highest BCUT2D eigenvalue weighted by Crippen LogP contribution is 2.27. The van der Waals surface area contributed by atoms with Crippen LogP contribution in [0.2, 0.25) is 0 Å².